The summed E-state index contributed by atoms with van der Waals surface area (Å²) in [6.07, 6.45) is -0.786. The van der Waals surface area contributed by atoms with E-state index in [0.29, 0.717) is 17.1 Å². The Morgan fingerprint density at radius 3 is 2.10 bits per heavy atom. The summed E-state index contributed by atoms with van der Waals surface area (Å²) in [6, 6.07) is 12.7. The summed E-state index contributed by atoms with van der Waals surface area (Å²) in [5.74, 6) is 1.88. The Balaban J connectivity index is 2.39. The zero-order chi connectivity index (χ0) is 14.5. The zero-order valence-corrected chi connectivity index (χ0v) is 11.8. The summed E-state index contributed by atoms with van der Waals surface area (Å²) in [6.45, 7) is 0. The molecule has 2 aromatic carbocycles. The van der Waals surface area contributed by atoms with Gasteiger partial charge in [-0.05, 0) is 23.8 Å². The van der Waals surface area contributed by atoms with E-state index in [1.807, 2.05) is 36.4 Å². The molecule has 0 aliphatic heterocycles. The topological polar surface area (TPSA) is 47.9 Å². The quantitative estimate of drug-likeness (QED) is 0.910. The first-order valence-electron chi connectivity index (χ1n) is 6.24. The highest BCUT2D eigenvalue weighted by Gasteiger charge is 2.18. The summed E-state index contributed by atoms with van der Waals surface area (Å²) in [5, 5.41) is 10.5. The standard InChI is InChI=1S/C16H18O4/c1-18-12-9-7-11(8-10-12)15(17)13-5-4-6-14(19-2)16(13)20-3/h4-10,15,17H,1-3H3. The Kier molecular flexibility index (Phi) is 4.48. The Hall–Kier alpha value is -2.20. The van der Waals surface area contributed by atoms with Crippen LogP contribution in [0.25, 0.3) is 0 Å². The van der Waals surface area contributed by atoms with Crippen molar-refractivity contribution in [3.05, 3.63) is 53.6 Å². The van der Waals surface area contributed by atoms with E-state index < -0.39 is 6.10 Å². The largest absolute Gasteiger partial charge is 0.497 e. The molecule has 1 N–H and O–H groups in total. The van der Waals surface area contributed by atoms with Crippen LogP contribution in [0.4, 0.5) is 0 Å². The molecule has 0 radical (unpaired) electrons. The molecule has 2 rings (SSSR count). The fourth-order valence-electron chi connectivity index (χ4n) is 2.09. The highest BCUT2D eigenvalue weighted by atomic mass is 16.5. The minimum absolute atomic E-state index is 0.540. The Labute approximate surface area is 118 Å². The van der Waals surface area contributed by atoms with Crippen molar-refractivity contribution in [2.45, 2.75) is 6.10 Å². The average molecular weight is 274 g/mol. The van der Waals surface area contributed by atoms with E-state index in [0.717, 1.165) is 11.3 Å². The van der Waals surface area contributed by atoms with Crippen LogP contribution in [0.5, 0.6) is 17.2 Å². The molecule has 0 spiro atoms. The third kappa shape index (κ3) is 2.70. The van der Waals surface area contributed by atoms with Crippen LogP contribution in [0.3, 0.4) is 0 Å². The molecule has 0 bridgehead atoms. The van der Waals surface area contributed by atoms with Crippen molar-refractivity contribution in [2.24, 2.45) is 0 Å². The van der Waals surface area contributed by atoms with Crippen molar-refractivity contribution in [1.29, 1.82) is 0 Å². The van der Waals surface area contributed by atoms with Crippen LogP contribution in [0.15, 0.2) is 42.5 Å². The van der Waals surface area contributed by atoms with E-state index >= 15 is 0 Å². The highest BCUT2D eigenvalue weighted by Crippen LogP contribution is 2.37. The number of aliphatic hydroxyl groups excluding tert-OH is 1. The summed E-state index contributed by atoms with van der Waals surface area (Å²) >= 11 is 0. The van der Waals surface area contributed by atoms with Gasteiger partial charge in [-0.1, -0.05) is 24.3 Å². The maximum absolute atomic E-state index is 10.5. The second kappa shape index (κ2) is 6.30. The number of aliphatic hydroxyl groups is 1. The van der Waals surface area contributed by atoms with Gasteiger partial charge in [-0.15, -0.1) is 0 Å². The molecule has 4 heteroatoms. The molecule has 0 amide bonds. The maximum Gasteiger partial charge on any atom is 0.166 e. The molecule has 0 fully saturated rings. The van der Waals surface area contributed by atoms with E-state index in [4.69, 9.17) is 14.2 Å². The van der Waals surface area contributed by atoms with Crippen molar-refractivity contribution in [3.8, 4) is 17.2 Å². The molecule has 1 unspecified atom stereocenters. The smallest absolute Gasteiger partial charge is 0.166 e. The Morgan fingerprint density at radius 2 is 1.55 bits per heavy atom. The minimum Gasteiger partial charge on any atom is -0.497 e. The number of methoxy groups -OCH3 is 3. The van der Waals surface area contributed by atoms with Crippen molar-refractivity contribution in [2.75, 3.05) is 21.3 Å². The van der Waals surface area contributed by atoms with Crippen molar-refractivity contribution >= 4 is 0 Å². The number of hydrogen-bond acceptors (Lipinski definition) is 4. The number of ether oxygens (including phenoxy) is 3. The molecule has 0 aliphatic carbocycles. The summed E-state index contributed by atoms with van der Waals surface area (Å²) in [7, 11) is 4.74. The van der Waals surface area contributed by atoms with Crippen LogP contribution in [0.1, 0.15) is 17.2 Å². The van der Waals surface area contributed by atoms with Gasteiger partial charge in [0.15, 0.2) is 11.5 Å². The van der Waals surface area contributed by atoms with Gasteiger partial charge in [-0.25, -0.2) is 0 Å². The number of benzene rings is 2. The van der Waals surface area contributed by atoms with E-state index in [1.165, 1.54) is 0 Å². The predicted molar refractivity (Wildman–Crippen MR) is 76.6 cm³/mol. The van der Waals surface area contributed by atoms with E-state index in [2.05, 4.69) is 0 Å². The highest BCUT2D eigenvalue weighted by molar-refractivity contribution is 5.50. The van der Waals surface area contributed by atoms with Gasteiger partial charge in [-0.3, -0.25) is 0 Å². The van der Waals surface area contributed by atoms with Crippen LogP contribution in [-0.2, 0) is 0 Å². The van der Waals surface area contributed by atoms with Crippen molar-refractivity contribution < 1.29 is 19.3 Å². The van der Waals surface area contributed by atoms with Crippen LogP contribution >= 0.6 is 0 Å². The third-order valence-corrected chi connectivity index (χ3v) is 3.16. The third-order valence-electron chi connectivity index (χ3n) is 3.16. The molecule has 0 aromatic heterocycles. The molecule has 106 valence electrons. The lowest BCUT2D eigenvalue weighted by Crippen LogP contribution is -2.03. The number of hydrogen-bond donors (Lipinski definition) is 1. The summed E-state index contributed by atoms with van der Waals surface area (Å²) in [5.41, 5.74) is 1.43. The molecule has 0 saturated carbocycles. The molecule has 1 atom stereocenters. The Bertz CT molecular complexity index is 563. The molecule has 2 aromatic rings. The molecule has 20 heavy (non-hydrogen) atoms. The van der Waals surface area contributed by atoms with Crippen molar-refractivity contribution in [1.82, 2.24) is 0 Å². The van der Waals surface area contributed by atoms with Crippen LogP contribution < -0.4 is 14.2 Å². The maximum atomic E-state index is 10.5. The van der Waals surface area contributed by atoms with Crippen LogP contribution in [-0.4, -0.2) is 26.4 Å². The summed E-state index contributed by atoms with van der Waals surface area (Å²) in [4.78, 5) is 0. The normalized spacial score (nSPS) is 11.8. The van der Waals surface area contributed by atoms with E-state index in [1.54, 1.807) is 27.4 Å². The van der Waals surface area contributed by atoms with Gasteiger partial charge in [0, 0.05) is 5.56 Å². The van der Waals surface area contributed by atoms with Gasteiger partial charge < -0.3 is 19.3 Å². The monoisotopic (exact) mass is 274 g/mol. The van der Waals surface area contributed by atoms with Crippen LogP contribution in [0.2, 0.25) is 0 Å². The first kappa shape index (κ1) is 14.2. The Morgan fingerprint density at radius 1 is 0.850 bits per heavy atom. The van der Waals surface area contributed by atoms with Gasteiger partial charge in [-0.2, -0.15) is 0 Å². The SMILES string of the molecule is COc1ccc(C(O)c2cccc(OC)c2OC)cc1. The van der Waals surface area contributed by atoms with Crippen LogP contribution in [0, 0.1) is 0 Å². The van der Waals surface area contributed by atoms with Gasteiger partial charge in [0.2, 0.25) is 0 Å². The molecular weight excluding hydrogens is 256 g/mol. The number of rotatable bonds is 5. The molecular formula is C16H18O4. The first-order valence-corrected chi connectivity index (χ1v) is 6.24. The second-order valence-electron chi connectivity index (χ2n) is 4.26. The lowest BCUT2D eigenvalue weighted by molar-refractivity contribution is 0.213. The lowest BCUT2D eigenvalue weighted by atomic mass is 10.00. The molecule has 0 aliphatic rings. The molecule has 0 saturated heterocycles. The molecule has 4 nitrogen and oxygen atoms in total. The number of para-hydroxylation sites is 1. The van der Waals surface area contributed by atoms with Gasteiger partial charge in [0.1, 0.15) is 11.9 Å². The fourth-order valence-corrected chi connectivity index (χ4v) is 2.09. The zero-order valence-electron chi connectivity index (χ0n) is 11.8. The molecule has 0 heterocycles. The average Bonchev–Trinajstić information content (AvgIpc) is 2.53. The van der Waals surface area contributed by atoms with Crippen molar-refractivity contribution in [3.63, 3.8) is 0 Å². The van der Waals surface area contributed by atoms with Gasteiger partial charge >= 0.3 is 0 Å². The predicted octanol–water partition coefficient (Wildman–Crippen LogP) is 2.79. The van der Waals surface area contributed by atoms with Gasteiger partial charge in [0.25, 0.3) is 0 Å². The first-order chi connectivity index (χ1) is 9.71. The fraction of sp³-hybridized carbons (Fsp3) is 0.250. The second-order valence-corrected chi connectivity index (χ2v) is 4.26. The van der Waals surface area contributed by atoms with E-state index in [9.17, 15) is 5.11 Å². The van der Waals surface area contributed by atoms with E-state index in [-0.39, 0.29) is 0 Å². The lowest BCUT2D eigenvalue weighted by Gasteiger charge is -2.17. The minimum atomic E-state index is -0.786. The van der Waals surface area contributed by atoms with Gasteiger partial charge in [0.05, 0.1) is 21.3 Å². The summed E-state index contributed by atoms with van der Waals surface area (Å²) < 4.78 is 15.7.